The number of hydrogen-bond acceptors (Lipinski definition) is 9. The number of ether oxygens (including phenoxy) is 1. The third kappa shape index (κ3) is 8.24. The van der Waals surface area contributed by atoms with Crippen molar-refractivity contribution in [2.24, 2.45) is 10.9 Å². The molecule has 16 heteroatoms. The standard InChI is InChI=1S/C26H31Cl2N7O5S.ClH/c1-34(2)25(39)14-4-6-17(31-23(37)24(38)33-19-7-5-16(27)11-30-19)18(10-14)32-22(36)21-20(28)15(13-41-21)12-35(3)26-29-8-9-40-26;/h5,7,11,13-14,17-18H,4,6,8-10,12H2,1-3H3,(H,31,37)(H,32,36)(H,30,33,38);1H/t14-,17-,18+;/m0./s1. The number of aliphatic imine (C=N–C) groups is 1. The maximum Gasteiger partial charge on any atom is 0.314 e. The summed E-state index contributed by atoms with van der Waals surface area (Å²) >= 11 is 13.6. The van der Waals surface area contributed by atoms with Crippen molar-refractivity contribution < 1.29 is 23.9 Å². The smallest absolute Gasteiger partial charge is 0.314 e. The van der Waals surface area contributed by atoms with E-state index in [2.05, 4.69) is 25.9 Å². The first-order valence-electron chi connectivity index (χ1n) is 12.9. The zero-order valence-electron chi connectivity index (χ0n) is 23.2. The summed E-state index contributed by atoms with van der Waals surface area (Å²) in [4.78, 5) is 63.3. The van der Waals surface area contributed by atoms with Crippen LogP contribution in [-0.2, 0) is 25.7 Å². The molecule has 12 nitrogen and oxygen atoms in total. The molecule has 0 bridgehead atoms. The molecule has 228 valence electrons. The van der Waals surface area contributed by atoms with Crippen molar-refractivity contribution in [2.75, 3.05) is 39.6 Å². The SMILES string of the molecule is CN(C)C(=O)[C@H]1CC[C@H](NC(=O)C(=O)Nc2ccc(Cl)cn2)[C@H](NC(=O)c2scc(CN(C)C3=NCCO3)c2Cl)C1.Cl. The molecule has 0 saturated heterocycles. The Morgan fingerprint density at radius 1 is 1.07 bits per heavy atom. The summed E-state index contributed by atoms with van der Waals surface area (Å²) in [5.41, 5.74) is 0.740. The molecule has 4 amide bonds. The van der Waals surface area contributed by atoms with Gasteiger partial charge in [0, 0.05) is 51.4 Å². The number of nitrogens with zero attached hydrogens (tertiary/aromatic N) is 4. The molecule has 0 spiro atoms. The van der Waals surface area contributed by atoms with Crippen molar-refractivity contribution in [1.29, 1.82) is 0 Å². The molecule has 0 radical (unpaired) electrons. The van der Waals surface area contributed by atoms with Crippen LogP contribution in [0.2, 0.25) is 10.0 Å². The Hall–Kier alpha value is -3.13. The van der Waals surface area contributed by atoms with Crippen molar-refractivity contribution in [3.8, 4) is 0 Å². The Morgan fingerprint density at radius 3 is 2.48 bits per heavy atom. The first-order valence-corrected chi connectivity index (χ1v) is 14.6. The van der Waals surface area contributed by atoms with E-state index >= 15 is 0 Å². The van der Waals surface area contributed by atoms with Crippen molar-refractivity contribution >= 4 is 82.4 Å². The quantitative estimate of drug-likeness (QED) is 0.388. The van der Waals surface area contributed by atoms with Gasteiger partial charge in [0.15, 0.2) is 0 Å². The van der Waals surface area contributed by atoms with E-state index in [0.717, 1.165) is 5.56 Å². The molecule has 3 heterocycles. The van der Waals surface area contributed by atoms with Gasteiger partial charge in [-0.05, 0) is 36.8 Å². The minimum atomic E-state index is -0.915. The van der Waals surface area contributed by atoms with E-state index in [4.69, 9.17) is 27.9 Å². The lowest BCUT2D eigenvalue weighted by Crippen LogP contribution is -2.57. The largest absolute Gasteiger partial charge is 0.463 e. The van der Waals surface area contributed by atoms with Crippen molar-refractivity contribution in [2.45, 2.75) is 37.9 Å². The highest BCUT2D eigenvalue weighted by atomic mass is 35.5. The lowest BCUT2D eigenvalue weighted by atomic mass is 9.81. The van der Waals surface area contributed by atoms with Gasteiger partial charge in [0.25, 0.3) is 11.9 Å². The number of rotatable bonds is 7. The molecule has 2 aromatic rings. The fourth-order valence-corrected chi connectivity index (χ4v) is 6.06. The van der Waals surface area contributed by atoms with Crippen LogP contribution in [0.15, 0.2) is 28.7 Å². The molecular weight excluding hydrogens is 629 g/mol. The van der Waals surface area contributed by atoms with Gasteiger partial charge in [0.2, 0.25) is 5.91 Å². The van der Waals surface area contributed by atoms with Gasteiger partial charge in [-0.2, -0.15) is 0 Å². The van der Waals surface area contributed by atoms with E-state index in [0.29, 0.717) is 53.5 Å². The van der Waals surface area contributed by atoms with E-state index in [1.54, 1.807) is 19.5 Å². The molecule has 2 aromatic heterocycles. The summed E-state index contributed by atoms with van der Waals surface area (Å²) in [5, 5.41) is 10.6. The normalized spacial score (nSPS) is 19.5. The molecule has 3 N–H and O–H groups in total. The predicted octanol–water partition coefficient (Wildman–Crippen LogP) is 2.80. The second-order valence-electron chi connectivity index (χ2n) is 9.99. The zero-order valence-corrected chi connectivity index (χ0v) is 26.3. The lowest BCUT2D eigenvalue weighted by Gasteiger charge is -2.37. The molecule has 1 aliphatic carbocycles. The number of pyridine rings is 1. The van der Waals surface area contributed by atoms with Gasteiger partial charge in [-0.25, -0.2) is 9.98 Å². The predicted molar refractivity (Wildman–Crippen MR) is 163 cm³/mol. The van der Waals surface area contributed by atoms with Gasteiger partial charge in [-0.3, -0.25) is 19.2 Å². The molecule has 2 aliphatic rings. The van der Waals surface area contributed by atoms with Crippen molar-refractivity contribution in [3.63, 3.8) is 0 Å². The minimum Gasteiger partial charge on any atom is -0.463 e. The van der Waals surface area contributed by atoms with Crippen LogP contribution in [0.5, 0.6) is 0 Å². The summed E-state index contributed by atoms with van der Waals surface area (Å²) in [7, 11) is 5.17. The number of amidine groups is 1. The van der Waals surface area contributed by atoms with E-state index in [9.17, 15) is 19.2 Å². The van der Waals surface area contributed by atoms with Crippen LogP contribution in [-0.4, -0.2) is 90.8 Å². The Balaban J connectivity index is 0.00000484. The Kier molecular flexibility index (Phi) is 11.8. The summed E-state index contributed by atoms with van der Waals surface area (Å²) in [5.74, 6) is -2.49. The van der Waals surface area contributed by atoms with Gasteiger partial charge >= 0.3 is 11.8 Å². The monoisotopic (exact) mass is 659 g/mol. The first-order chi connectivity index (χ1) is 19.5. The molecule has 42 heavy (non-hydrogen) atoms. The highest BCUT2D eigenvalue weighted by molar-refractivity contribution is 7.13. The Bertz CT molecular complexity index is 1340. The molecular formula is C26H32Cl3N7O5S. The van der Waals surface area contributed by atoms with Crippen LogP contribution in [0.3, 0.4) is 0 Å². The summed E-state index contributed by atoms with van der Waals surface area (Å²) in [6, 6.07) is 2.31. The van der Waals surface area contributed by atoms with Crippen molar-refractivity contribution in [1.82, 2.24) is 25.4 Å². The van der Waals surface area contributed by atoms with Crippen LogP contribution in [0.25, 0.3) is 0 Å². The molecule has 1 saturated carbocycles. The fraction of sp³-hybridized carbons (Fsp3) is 0.462. The van der Waals surface area contributed by atoms with E-state index in [1.807, 2.05) is 11.9 Å². The molecule has 1 aliphatic heterocycles. The zero-order chi connectivity index (χ0) is 29.7. The number of nitrogens with one attached hydrogen (secondary N) is 3. The third-order valence-corrected chi connectivity index (χ3v) is 8.55. The molecule has 1 fully saturated rings. The fourth-order valence-electron chi connectivity index (χ4n) is 4.70. The number of thiophene rings is 1. The summed E-state index contributed by atoms with van der Waals surface area (Å²) < 4.78 is 5.48. The maximum atomic E-state index is 13.4. The number of aromatic nitrogens is 1. The molecule has 0 aromatic carbocycles. The van der Waals surface area contributed by atoms with Crippen molar-refractivity contribution in [3.05, 3.63) is 44.2 Å². The van der Waals surface area contributed by atoms with Crippen LogP contribution < -0.4 is 16.0 Å². The highest BCUT2D eigenvalue weighted by Crippen LogP contribution is 2.31. The third-order valence-electron chi connectivity index (χ3n) is 6.76. The second-order valence-corrected chi connectivity index (χ2v) is 11.7. The van der Waals surface area contributed by atoms with Gasteiger partial charge in [-0.1, -0.05) is 23.2 Å². The average molecular weight is 661 g/mol. The van der Waals surface area contributed by atoms with E-state index in [1.165, 1.54) is 34.6 Å². The number of anilines is 1. The van der Waals surface area contributed by atoms with Gasteiger partial charge in [0.05, 0.1) is 22.6 Å². The van der Waals surface area contributed by atoms with Gasteiger partial charge in [-0.15, -0.1) is 23.7 Å². The number of hydrogen-bond donors (Lipinski definition) is 3. The molecule has 3 atom stereocenters. The van der Waals surface area contributed by atoms with Crippen LogP contribution in [0.4, 0.5) is 5.82 Å². The number of carbonyl (C=O) groups excluding carboxylic acids is 4. The van der Waals surface area contributed by atoms with E-state index in [-0.39, 0.29) is 36.5 Å². The number of halogens is 3. The highest BCUT2D eigenvalue weighted by Gasteiger charge is 2.37. The van der Waals surface area contributed by atoms with Crippen LogP contribution in [0, 0.1) is 5.92 Å². The average Bonchev–Trinajstić information content (AvgIpc) is 3.61. The van der Waals surface area contributed by atoms with Crippen LogP contribution in [0.1, 0.15) is 34.5 Å². The Labute approximate surface area is 263 Å². The first kappa shape index (κ1) is 33.4. The van der Waals surface area contributed by atoms with Gasteiger partial charge in [0.1, 0.15) is 17.3 Å². The molecule has 0 unspecified atom stereocenters. The van der Waals surface area contributed by atoms with Crippen LogP contribution >= 0.6 is 46.9 Å². The lowest BCUT2D eigenvalue weighted by molar-refractivity contribution is -0.137. The minimum absolute atomic E-state index is 0. The van der Waals surface area contributed by atoms with E-state index < -0.39 is 29.8 Å². The summed E-state index contributed by atoms with van der Waals surface area (Å²) in [6.45, 7) is 1.53. The summed E-state index contributed by atoms with van der Waals surface area (Å²) in [6.07, 6.45) is 2.49. The second kappa shape index (κ2) is 14.9. The number of amides is 4. The topological polar surface area (TPSA) is 145 Å². The maximum absolute atomic E-state index is 13.4. The Morgan fingerprint density at radius 2 is 1.83 bits per heavy atom. The molecule has 4 rings (SSSR count). The number of carbonyl (C=O) groups is 4. The van der Waals surface area contributed by atoms with Gasteiger partial charge < -0.3 is 30.5 Å².